The van der Waals surface area contributed by atoms with Crippen LogP contribution in [-0.4, -0.2) is 46.0 Å². The summed E-state index contributed by atoms with van der Waals surface area (Å²) < 4.78 is 0. The lowest BCUT2D eigenvalue weighted by atomic mass is 9.74. The minimum Gasteiger partial charge on any atom is -0.368 e. The van der Waals surface area contributed by atoms with E-state index in [2.05, 4.69) is 28.0 Å². The molecular formula is C16H26N4S. The number of nitrogen functional groups attached to an aromatic ring is 1. The van der Waals surface area contributed by atoms with E-state index >= 15 is 0 Å². The van der Waals surface area contributed by atoms with Gasteiger partial charge in [0.1, 0.15) is 0 Å². The predicted octanol–water partition coefficient (Wildman–Crippen LogP) is 2.24. The van der Waals surface area contributed by atoms with Crippen molar-refractivity contribution in [1.29, 1.82) is 0 Å². The molecule has 2 N–H and O–H groups in total. The van der Waals surface area contributed by atoms with Gasteiger partial charge < -0.3 is 5.73 Å². The number of fused-ring (bicyclic) bond motifs is 2. The number of piperidine rings is 1. The number of nitrogens with two attached hydrogens (primary N) is 1. The molecule has 1 unspecified atom stereocenters. The van der Waals surface area contributed by atoms with Crippen LogP contribution in [-0.2, 0) is 12.8 Å². The van der Waals surface area contributed by atoms with Gasteiger partial charge in [-0.2, -0.15) is 11.8 Å². The number of hydrogen-bond donors (Lipinski definition) is 1. The Morgan fingerprint density at radius 2 is 2.29 bits per heavy atom. The third-order valence-electron chi connectivity index (χ3n) is 4.91. The summed E-state index contributed by atoms with van der Waals surface area (Å²) in [6.07, 6.45) is 8.94. The van der Waals surface area contributed by atoms with Crippen molar-refractivity contribution in [1.82, 2.24) is 14.9 Å². The van der Waals surface area contributed by atoms with Crippen LogP contribution in [0, 0.1) is 11.8 Å². The van der Waals surface area contributed by atoms with Crippen molar-refractivity contribution < 1.29 is 0 Å². The molecule has 5 heteroatoms. The summed E-state index contributed by atoms with van der Waals surface area (Å²) in [6, 6.07) is 0.683. The van der Waals surface area contributed by atoms with Crippen molar-refractivity contribution in [3.8, 4) is 0 Å². The molecule has 1 aliphatic carbocycles. The largest absolute Gasteiger partial charge is 0.368 e. The summed E-state index contributed by atoms with van der Waals surface area (Å²) in [4.78, 5) is 11.4. The monoisotopic (exact) mass is 306 g/mol. The van der Waals surface area contributed by atoms with Gasteiger partial charge in [0, 0.05) is 24.5 Å². The molecule has 0 amide bonds. The molecular weight excluding hydrogens is 280 g/mol. The summed E-state index contributed by atoms with van der Waals surface area (Å²) in [5.74, 6) is 3.27. The molecule has 0 saturated carbocycles. The van der Waals surface area contributed by atoms with Crippen molar-refractivity contribution in [2.75, 3.05) is 30.8 Å². The molecule has 0 spiro atoms. The zero-order valence-electron chi connectivity index (χ0n) is 13.1. The first kappa shape index (κ1) is 15.1. The molecule has 1 aromatic rings. The third-order valence-corrected chi connectivity index (χ3v) is 5.72. The van der Waals surface area contributed by atoms with Crippen LogP contribution in [0.2, 0.25) is 0 Å². The molecule has 1 aliphatic heterocycles. The van der Waals surface area contributed by atoms with E-state index in [4.69, 9.17) is 5.73 Å². The van der Waals surface area contributed by atoms with Gasteiger partial charge in [-0.1, -0.05) is 6.92 Å². The Balaban J connectivity index is 1.82. The minimum absolute atomic E-state index is 0.425. The van der Waals surface area contributed by atoms with Crippen LogP contribution in [0.15, 0.2) is 6.20 Å². The topological polar surface area (TPSA) is 55.0 Å². The van der Waals surface area contributed by atoms with Crippen LogP contribution in [0.5, 0.6) is 0 Å². The van der Waals surface area contributed by atoms with Gasteiger partial charge in [-0.25, -0.2) is 9.97 Å². The molecule has 1 fully saturated rings. The summed E-state index contributed by atoms with van der Waals surface area (Å²) in [5.41, 5.74) is 8.28. The van der Waals surface area contributed by atoms with Crippen molar-refractivity contribution >= 4 is 17.7 Å². The van der Waals surface area contributed by atoms with E-state index in [0.29, 0.717) is 12.0 Å². The maximum Gasteiger partial charge on any atom is 0.220 e. The fourth-order valence-electron chi connectivity index (χ4n) is 4.12. The van der Waals surface area contributed by atoms with Crippen LogP contribution in [0.1, 0.15) is 31.0 Å². The second-order valence-electron chi connectivity index (χ2n) is 6.49. The lowest BCUT2D eigenvalue weighted by Crippen LogP contribution is -2.52. The molecule has 3 atom stereocenters. The van der Waals surface area contributed by atoms with Crippen LogP contribution >= 0.6 is 11.8 Å². The minimum atomic E-state index is 0.425. The Morgan fingerprint density at radius 1 is 1.43 bits per heavy atom. The molecule has 116 valence electrons. The van der Waals surface area contributed by atoms with Gasteiger partial charge in [-0.05, 0) is 61.6 Å². The first-order chi connectivity index (χ1) is 10.2. The van der Waals surface area contributed by atoms with Gasteiger partial charge in [0.2, 0.25) is 5.95 Å². The van der Waals surface area contributed by atoms with E-state index in [-0.39, 0.29) is 0 Å². The SMILES string of the molecule is CCCN1C[C@H](CSC)C[C@H]2Cc3nc(N)ncc3CC21. The van der Waals surface area contributed by atoms with Crippen molar-refractivity contribution in [2.45, 2.75) is 38.6 Å². The number of thioether (sulfide) groups is 1. The first-order valence-corrected chi connectivity index (χ1v) is 9.43. The highest BCUT2D eigenvalue weighted by Crippen LogP contribution is 2.37. The molecule has 2 aliphatic rings. The lowest BCUT2D eigenvalue weighted by Gasteiger charge is -2.47. The second kappa shape index (κ2) is 6.53. The van der Waals surface area contributed by atoms with Gasteiger partial charge in [0.15, 0.2) is 0 Å². The lowest BCUT2D eigenvalue weighted by molar-refractivity contribution is 0.0554. The highest BCUT2D eigenvalue weighted by atomic mass is 32.2. The van der Waals surface area contributed by atoms with E-state index in [1.807, 2.05) is 18.0 Å². The molecule has 3 rings (SSSR count). The van der Waals surface area contributed by atoms with Gasteiger partial charge >= 0.3 is 0 Å². The summed E-state index contributed by atoms with van der Waals surface area (Å²) >= 11 is 1.98. The quantitative estimate of drug-likeness (QED) is 0.924. The van der Waals surface area contributed by atoms with Crippen LogP contribution in [0.25, 0.3) is 0 Å². The van der Waals surface area contributed by atoms with Crippen molar-refractivity contribution in [2.24, 2.45) is 11.8 Å². The zero-order chi connectivity index (χ0) is 14.8. The molecule has 0 bridgehead atoms. The molecule has 1 aromatic heterocycles. The normalized spacial score (nSPS) is 29.0. The van der Waals surface area contributed by atoms with Crippen molar-refractivity contribution in [3.63, 3.8) is 0 Å². The summed E-state index contributed by atoms with van der Waals surface area (Å²) in [7, 11) is 0. The van der Waals surface area contributed by atoms with Crippen LogP contribution in [0.3, 0.4) is 0 Å². The molecule has 2 heterocycles. The van der Waals surface area contributed by atoms with E-state index in [0.717, 1.165) is 24.7 Å². The van der Waals surface area contributed by atoms with E-state index in [9.17, 15) is 0 Å². The molecule has 1 saturated heterocycles. The smallest absolute Gasteiger partial charge is 0.220 e. The number of likely N-dealkylation sites (tertiary alicyclic amines) is 1. The Labute approximate surface area is 131 Å². The van der Waals surface area contributed by atoms with E-state index in [1.165, 1.54) is 42.9 Å². The maximum atomic E-state index is 5.76. The second-order valence-corrected chi connectivity index (χ2v) is 7.40. The van der Waals surface area contributed by atoms with Crippen LogP contribution in [0.4, 0.5) is 5.95 Å². The third kappa shape index (κ3) is 3.19. The van der Waals surface area contributed by atoms with E-state index in [1.54, 1.807) is 0 Å². The summed E-state index contributed by atoms with van der Waals surface area (Å²) in [5, 5.41) is 0. The fraction of sp³-hybridized carbons (Fsp3) is 0.750. The Bertz CT molecular complexity index is 493. The average Bonchev–Trinajstić information content (AvgIpc) is 2.46. The molecule has 21 heavy (non-hydrogen) atoms. The van der Waals surface area contributed by atoms with Gasteiger partial charge in [-0.15, -0.1) is 0 Å². The maximum absolute atomic E-state index is 5.76. The van der Waals surface area contributed by atoms with Crippen LogP contribution < -0.4 is 5.73 Å². The Hall–Kier alpha value is -0.810. The van der Waals surface area contributed by atoms with Gasteiger partial charge in [0.25, 0.3) is 0 Å². The van der Waals surface area contributed by atoms with Gasteiger partial charge in [0.05, 0.1) is 0 Å². The number of hydrogen-bond acceptors (Lipinski definition) is 5. The first-order valence-electron chi connectivity index (χ1n) is 8.04. The Morgan fingerprint density at radius 3 is 3.05 bits per heavy atom. The fourth-order valence-corrected chi connectivity index (χ4v) is 4.83. The number of nitrogens with zero attached hydrogens (tertiary/aromatic N) is 3. The highest BCUT2D eigenvalue weighted by Gasteiger charge is 2.39. The van der Waals surface area contributed by atoms with Crippen molar-refractivity contribution in [3.05, 3.63) is 17.5 Å². The molecule has 0 radical (unpaired) electrons. The Kier molecular flexibility index (Phi) is 4.69. The van der Waals surface area contributed by atoms with E-state index < -0.39 is 0 Å². The predicted molar refractivity (Wildman–Crippen MR) is 89.5 cm³/mol. The number of rotatable bonds is 4. The highest BCUT2D eigenvalue weighted by molar-refractivity contribution is 7.98. The standard InChI is InChI=1S/C16H26N4S/c1-3-4-20-9-11(10-21-2)5-12-6-14-13(7-15(12)20)8-18-16(17)19-14/h8,11-12,15H,3-7,9-10H2,1-2H3,(H2,17,18,19)/t11-,12+,15?/m1/s1. The number of anilines is 1. The summed E-state index contributed by atoms with van der Waals surface area (Å²) in [6.45, 7) is 4.77. The van der Waals surface area contributed by atoms with Gasteiger partial charge in [-0.3, -0.25) is 4.90 Å². The average molecular weight is 306 g/mol. The molecule has 0 aromatic carbocycles. The zero-order valence-corrected chi connectivity index (χ0v) is 13.9. The number of aromatic nitrogens is 2. The molecule has 4 nitrogen and oxygen atoms in total.